The molecule has 0 radical (unpaired) electrons. The first-order chi connectivity index (χ1) is 8.31. The summed E-state index contributed by atoms with van der Waals surface area (Å²) in [5.41, 5.74) is 0. The van der Waals surface area contributed by atoms with Gasteiger partial charge in [0.15, 0.2) is 0 Å². The van der Waals surface area contributed by atoms with Crippen LogP contribution in [0.4, 0.5) is 0 Å². The van der Waals surface area contributed by atoms with Gasteiger partial charge < -0.3 is 0 Å². The number of nitrogens with zero attached hydrogens (tertiary/aromatic N) is 8. The maximum Gasteiger partial charge on any atom is 0.252 e. The van der Waals surface area contributed by atoms with Crippen LogP contribution in [0.2, 0.25) is 0 Å². The number of aromatic nitrogens is 6. The van der Waals surface area contributed by atoms with Crippen molar-refractivity contribution in [3.63, 3.8) is 0 Å². The molecular formula is C9H8N8. The second-order valence-electron chi connectivity index (χ2n) is 3.24. The molecule has 0 aliphatic carbocycles. The number of rotatable bonds is 4. The monoisotopic (exact) mass is 228 g/mol. The van der Waals surface area contributed by atoms with Gasteiger partial charge in [0.05, 0.1) is 0 Å². The van der Waals surface area contributed by atoms with Gasteiger partial charge >= 0.3 is 0 Å². The quantitative estimate of drug-likeness (QED) is 0.710. The third kappa shape index (κ3) is 2.63. The Morgan fingerprint density at radius 2 is 1.41 bits per heavy atom. The lowest BCUT2D eigenvalue weighted by atomic mass is 10.4. The zero-order valence-electron chi connectivity index (χ0n) is 8.85. The Labute approximate surface area is 96.8 Å². The topological polar surface area (TPSA) is 109 Å². The van der Waals surface area contributed by atoms with Gasteiger partial charge in [0.1, 0.15) is 24.8 Å². The third-order valence-electron chi connectivity index (χ3n) is 2.05. The molecule has 0 amide bonds. The maximum atomic E-state index is 8.54. The highest BCUT2D eigenvalue weighted by atomic mass is 15.3. The largest absolute Gasteiger partial charge is 0.252 e. The van der Waals surface area contributed by atoms with Gasteiger partial charge in [0.2, 0.25) is 0 Å². The highest BCUT2D eigenvalue weighted by molar-refractivity contribution is 5.05. The zero-order valence-corrected chi connectivity index (χ0v) is 8.85. The molecule has 0 bridgehead atoms. The molecule has 8 heteroatoms. The lowest BCUT2D eigenvalue weighted by molar-refractivity contribution is 0.498. The molecule has 0 atom stereocenters. The van der Waals surface area contributed by atoms with Crippen LogP contribution in [-0.2, 0) is 13.1 Å². The van der Waals surface area contributed by atoms with Crippen molar-refractivity contribution in [1.29, 1.82) is 10.5 Å². The average Bonchev–Trinajstić information content (AvgIpc) is 2.97. The molecule has 0 unspecified atom stereocenters. The van der Waals surface area contributed by atoms with Crippen molar-refractivity contribution < 1.29 is 0 Å². The van der Waals surface area contributed by atoms with Crippen molar-refractivity contribution in [3.05, 3.63) is 24.3 Å². The Morgan fingerprint density at radius 3 is 1.76 bits per heavy atom. The predicted octanol–water partition coefficient (Wildman–Crippen LogP) is -0.297. The van der Waals surface area contributed by atoms with Gasteiger partial charge in [0.25, 0.3) is 11.6 Å². The van der Waals surface area contributed by atoms with Crippen molar-refractivity contribution in [2.24, 2.45) is 0 Å². The summed E-state index contributed by atoms with van der Waals surface area (Å²) in [6, 6.07) is 3.72. The van der Waals surface area contributed by atoms with Crippen LogP contribution < -0.4 is 0 Å². The second-order valence-corrected chi connectivity index (χ2v) is 3.24. The summed E-state index contributed by atoms with van der Waals surface area (Å²) in [6.45, 7) is 1.27. The molecule has 0 aliphatic rings. The SMILES string of the molecule is N#Cc1ncn(CCCn2cnc(C#N)n2)n1. The van der Waals surface area contributed by atoms with Gasteiger partial charge in [-0.25, -0.2) is 9.97 Å². The van der Waals surface area contributed by atoms with E-state index in [0.29, 0.717) is 13.1 Å². The first-order valence-electron chi connectivity index (χ1n) is 4.91. The van der Waals surface area contributed by atoms with Crippen LogP contribution in [0, 0.1) is 22.7 Å². The van der Waals surface area contributed by atoms with E-state index in [-0.39, 0.29) is 11.6 Å². The fourth-order valence-corrected chi connectivity index (χ4v) is 1.30. The molecule has 0 fully saturated rings. The molecule has 2 heterocycles. The van der Waals surface area contributed by atoms with Gasteiger partial charge in [-0.05, 0) is 6.42 Å². The molecule has 2 aromatic heterocycles. The van der Waals surface area contributed by atoms with Crippen molar-refractivity contribution in [3.8, 4) is 12.1 Å². The van der Waals surface area contributed by atoms with Gasteiger partial charge in [-0.3, -0.25) is 9.36 Å². The highest BCUT2D eigenvalue weighted by Gasteiger charge is 2.01. The molecule has 0 spiro atoms. The van der Waals surface area contributed by atoms with Crippen LogP contribution in [0.25, 0.3) is 0 Å². The summed E-state index contributed by atoms with van der Waals surface area (Å²) < 4.78 is 3.20. The van der Waals surface area contributed by atoms with Crippen molar-refractivity contribution in [2.75, 3.05) is 0 Å². The Morgan fingerprint density at radius 1 is 0.941 bits per heavy atom. The van der Waals surface area contributed by atoms with Crippen LogP contribution in [-0.4, -0.2) is 29.5 Å². The van der Waals surface area contributed by atoms with Gasteiger partial charge in [0, 0.05) is 13.1 Å². The van der Waals surface area contributed by atoms with Crippen molar-refractivity contribution in [2.45, 2.75) is 19.5 Å². The minimum Gasteiger partial charge on any atom is -0.252 e. The summed E-state index contributed by atoms with van der Waals surface area (Å²) in [5.74, 6) is 0.329. The molecule has 8 nitrogen and oxygen atoms in total. The molecule has 2 rings (SSSR count). The minimum absolute atomic E-state index is 0.164. The van der Waals surface area contributed by atoms with Crippen LogP contribution in [0.15, 0.2) is 12.7 Å². The van der Waals surface area contributed by atoms with Gasteiger partial charge in [-0.15, -0.1) is 10.2 Å². The first-order valence-corrected chi connectivity index (χ1v) is 4.91. The predicted molar refractivity (Wildman–Crippen MR) is 54.1 cm³/mol. The Hall–Kier alpha value is -2.74. The standard InChI is InChI=1S/C9H8N8/c10-4-8-12-6-16(14-8)2-1-3-17-7-13-9(5-11)15-17/h6-7H,1-3H2. The normalized spacial score (nSPS) is 9.76. The summed E-state index contributed by atoms with van der Waals surface area (Å²) >= 11 is 0. The molecular weight excluding hydrogens is 220 g/mol. The van der Waals surface area contributed by atoms with E-state index in [1.807, 2.05) is 12.1 Å². The number of aryl methyl sites for hydroxylation is 2. The lowest BCUT2D eigenvalue weighted by Crippen LogP contribution is -2.05. The number of hydrogen-bond acceptors (Lipinski definition) is 6. The molecule has 0 saturated heterocycles. The van der Waals surface area contributed by atoms with Crippen LogP contribution in [0.3, 0.4) is 0 Å². The number of nitriles is 2. The van der Waals surface area contributed by atoms with Crippen LogP contribution in [0.1, 0.15) is 18.1 Å². The molecule has 17 heavy (non-hydrogen) atoms. The smallest absolute Gasteiger partial charge is 0.252 e. The number of hydrogen-bond donors (Lipinski definition) is 0. The molecule has 0 N–H and O–H groups in total. The highest BCUT2D eigenvalue weighted by Crippen LogP contribution is 1.95. The summed E-state index contributed by atoms with van der Waals surface area (Å²) in [5, 5.41) is 24.9. The Kier molecular flexibility index (Phi) is 3.08. The van der Waals surface area contributed by atoms with Crippen molar-refractivity contribution >= 4 is 0 Å². The Balaban J connectivity index is 1.84. The summed E-state index contributed by atoms with van der Waals surface area (Å²) in [7, 11) is 0. The van der Waals surface area contributed by atoms with E-state index in [1.165, 1.54) is 12.7 Å². The van der Waals surface area contributed by atoms with E-state index >= 15 is 0 Å². The van der Waals surface area contributed by atoms with Gasteiger partial charge in [-0.2, -0.15) is 10.5 Å². The molecule has 0 aliphatic heterocycles. The molecule has 0 saturated carbocycles. The molecule has 84 valence electrons. The van der Waals surface area contributed by atoms with E-state index in [2.05, 4.69) is 20.2 Å². The lowest BCUT2D eigenvalue weighted by Gasteiger charge is -2.00. The second kappa shape index (κ2) is 4.86. The van der Waals surface area contributed by atoms with Crippen molar-refractivity contribution in [1.82, 2.24) is 29.5 Å². The van der Waals surface area contributed by atoms with E-state index in [1.54, 1.807) is 9.36 Å². The maximum absolute atomic E-state index is 8.54. The first kappa shape index (κ1) is 10.8. The summed E-state index contributed by atoms with van der Waals surface area (Å²) in [4.78, 5) is 7.58. The van der Waals surface area contributed by atoms with Gasteiger partial charge in [-0.1, -0.05) is 0 Å². The van der Waals surface area contributed by atoms with Crippen LogP contribution in [0.5, 0.6) is 0 Å². The molecule has 2 aromatic rings. The Bertz CT molecular complexity index is 528. The molecule has 0 aromatic carbocycles. The summed E-state index contributed by atoms with van der Waals surface area (Å²) in [6.07, 6.45) is 3.80. The van der Waals surface area contributed by atoms with E-state index in [0.717, 1.165) is 6.42 Å². The minimum atomic E-state index is 0.164. The zero-order chi connectivity index (χ0) is 12.1. The van der Waals surface area contributed by atoms with E-state index < -0.39 is 0 Å². The van der Waals surface area contributed by atoms with Crippen LogP contribution >= 0.6 is 0 Å². The fourth-order valence-electron chi connectivity index (χ4n) is 1.30. The third-order valence-corrected chi connectivity index (χ3v) is 2.05. The average molecular weight is 228 g/mol. The van der Waals surface area contributed by atoms with E-state index in [4.69, 9.17) is 10.5 Å². The fraction of sp³-hybridized carbons (Fsp3) is 0.333. The van der Waals surface area contributed by atoms with E-state index in [9.17, 15) is 0 Å².